The lowest BCUT2D eigenvalue weighted by atomic mass is 9.96. The Kier molecular flexibility index (Phi) is 9.05. The van der Waals surface area contributed by atoms with Crippen molar-refractivity contribution in [2.45, 2.75) is 18.9 Å². The lowest BCUT2D eigenvalue weighted by Gasteiger charge is -2.29. The summed E-state index contributed by atoms with van der Waals surface area (Å²) in [5.74, 6) is 3.05. The van der Waals surface area contributed by atoms with Crippen LogP contribution in [0.15, 0.2) is 47.6 Å². The molecule has 1 atom stereocenters. The fraction of sp³-hybridized carbons (Fsp3) is 0.310. The second kappa shape index (κ2) is 12.8. The van der Waals surface area contributed by atoms with Gasteiger partial charge in [-0.15, -0.1) is 0 Å². The van der Waals surface area contributed by atoms with Crippen LogP contribution in [-0.4, -0.2) is 59.4 Å². The topological polar surface area (TPSA) is 126 Å². The first-order chi connectivity index (χ1) is 19.4. The average Bonchev–Trinajstić information content (AvgIpc) is 2.99. The number of aromatic hydroxyl groups is 1. The fourth-order valence-electron chi connectivity index (χ4n) is 4.36. The summed E-state index contributed by atoms with van der Waals surface area (Å²) in [5.41, 5.74) is 4.83. The largest absolute Gasteiger partial charge is 0.504 e. The van der Waals surface area contributed by atoms with Gasteiger partial charge in [-0.05, 0) is 54.3 Å². The Morgan fingerprint density at radius 1 is 0.950 bits per heavy atom. The van der Waals surface area contributed by atoms with E-state index in [0.717, 1.165) is 11.1 Å². The van der Waals surface area contributed by atoms with Crippen LogP contribution in [-0.2, 0) is 11.2 Å². The molecule has 11 nitrogen and oxygen atoms in total. The minimum atomic E-state index is -0.463. The summed E-state index contributed by atoms with van der Waals surface area (Å²) in [5, 5.41) is 13.6. The molecular formula is C29H32N2O9. The summed E-state index contributed by atoms with van der Waals surface area (Å²) in [4.78, 5) is 12.3. The minimum absolute atomic E-state index is 0.0105. The number of fused-ring (bicyclic) bond motifs is 1. The molecule has 40 heavy (non-hydrogen) atoms. The van der Waals surface area contributed by atoms with Gasteiger partial charge in [-0.3, -0.25) is 4.79 Å². The maximum Gasteiger partial charge on any atom is 0.277 e. The Morgan fingerprint density at radius 2 is 1.65 bits per heavy atom. The van der Waals surface area contributed by atoms with Gasteiger partial charge in [0.05, 0.1) is 41.8 Å². The third-order valence-corrected chi connectivity index (χ3v) is 6.32. The van der Waals surface area contributed by atoms with Crippen LogP contribution in [0.1, 0.15) is 29.2 Å². The van der Waals surface area contributed by atoms with E-state index in [-0.39, 0.29) is 18.5 Å². The van der Waals surface area contributed by atoms with Crippen molar-refractivity contribution in [1.82, 2.24) is 5.43 Å². The number of ether oxygens (including phenoxy) is 7. The summed E-state index contributed by atoms with van der Waals surface area (Å²) in [7, 11) is 7.71. The van der Waals surface area contributed by atoms with Crippen LogP contribution in [0.25, 0.3) is 0 Å². The van der Waals surface area contributed by atoms with Gasteiger partial charge in [0.2, 0.25) is 5.75 Å². The van der Waals surface area contributed by atoms with Gasteiger partial charge in [-0.25, -0.2) is 5.43 Å². The van der Waals surface area contributed by atoms with E-state index in [0.29, 0.717) is 58.7 Å². The zero-order valence-electron chi connectivity index (χ0n) is 23.0. The number of nitrogens with one attached hydrogen (secondary N) is 1. The molecule has 0 aliphatic carbocycles. The number of rotatable bonds is 11. The third kappa shape index (κ3) is 6.25. The fourth-order valence-corrected chi connectivity index (χ4v) is 4.36. The molecule has 1 heterocycles. The Hall–Kier alpha value is -4.80. The molecule has 212 valence electrons. The highest BCUT2D eigenvalue weighted by Gasteiger charge is 2.27. The number of carbonyl (C=O) groups is 1. The molecule has 4 rings (SSSR count). The summed E-state index contributed by atoms with van der Waals surface area (Å²) < 4.78 is 39.1. The number of hydrogen-bond donors (Lipinski definition) is 2. The molecule has 3 aromatic rings. The predicted octanol–water partition coefficient (Wildman–Crippen LogP) is 4.03. The number of phenolic OH excluding ortho intramolecular Hbond substituents is 1. The number of methoxy groups -OCH3 is 5. The molecule has 1 amide bonds. The molecule has 0 saturated carbocycles. The summed E-state index contributed by atoms with van der Waals surface area (Å²) >= 11 is 0. The zero-order valence-corrected chi connectivity index (χ0v) is 23.0. The highest BCUT2D eigenvalue weighted by Crippen LogP contribution is 2.45. The Balaban J connectivity index is 1.44. The lowest BCUT2D eigenvalue weighted by Crippen LogP contribution is -2.24. The van der Waals surface area contributed by atoms with E-state index >= 15 is 0 Å². The first-order valence-corrected chi connectivity index (χ1v) is 12.4. The molecular weight excluding hydrogens is 520 g/mol. The number of benzene rings is 3. The highest BCUT2D eigenvalue weighted by molar-refractivity contribution is 5.83. The average molecular weight is 553 g/mol. The van der Waals surface area contributed by atoms with Gasteiger partial charge in [-0.1, -0.05) is 0 Å². The molecule has 11 heteroatoms. The molecule has 1 aliphatic rings. The van der Waals surface area contributed by atoms with Gasteiger partial charge >= 0.3 is 0 Å². The van der Waals surface area contributed by atoms with Crippen molar-refractivity contribution in [3.63, 3.8) is 0 Å². The normalized spacial score (nSPS) is 14.1. The Morgan fingerprint density at radius 3 is 2.30 bits per heavy atom. The second-order valence-corrected chi connectivity index (χ2v) is 8.72. The monoisotopic (exact) mass is 552 g/mol. The summed E-state index contributed by atoms with van der Waals surface area (Å²) in [6.07, 6.45) is 2.56. The van der Waals surface area contributed by atoms with Crippen molar-refractivity contribution in [1.29, 1.82) is 0 Å². The molecule has 0 aromatic heterocycles. The number of hydrogen-bond acceptors (Lipinski definition) is 10. The molecule has 0 radical (unpaired) electrons. The van der Waals surface area contributed by atoms with E-state index in [4.69, 9.17) is 33.2 Å². The van der Waals surface area contributed by atoms with Crippen molar-refractivity contribution < 1.29 is 43.1 Å². The molecule has 0 spiro atoms. The zero-order chi connectivity index (χ0) is 28.6. The molecule has 1 aliphatic heterocycles. The van der Waals surface area contributed by atoms with E-state index in [1.54, 1.807) is 52.7 Å². The van der Waals surface area contributed by atoms with Crippen molar-refractivity contribution in [2.75, 3.05) is 42.2 Å². The Labute approximate surface area is 232 Å². The molecule has 1 unspecified atom stereocenters. The van der Waals surface area contributed by atoms with Crippen LogP contribution in [0, 0.1) is 0 Å². The van der Waals surface area contributed by atoms with Crippen LogP contribution in [0.3, 0.4) is 0 Å². The van der Waals surface area contributed by atoms with Gasteiger partial charge in [0.15, 0.2) is 29.6 Å². The van der Waals surface area contributed by atoms with Gasteiger partial charge in [0, 0.05) is 17.7 Å². The number of carbonyl (C=O) groups excluding carboxylic acids is 1. The molecule has 0 saturated heterocycles. The first kappa shape index (κ1) is 28.2. The van der Waals surface area contributed by atoms with Gasteiger partial charge in [0.1, 0.15) is 23.4 Å². The number of phenols is 1. The van der Waals surface area contributed by atoms with Crippen LogP contribution in [0.4, 0.5) is 0 Å². The lowest BCUT2D eigenvalue weighted by molar-refractivity contribution is -0.123. The van der Waals surface area contributed by atoms with Crippen LogP contribution in [0.2, 0.25) is 0 Å². The standard InChI is InChI=1S/C29H32N2O9/c1-34-23-13-19(39-16-28(33)31-30-15-17-6-8-21(32)25(10-17)35-2)14-24-20(23)7-9-22(40-24)18-11-26(36-3)29(38-5)27(12-18)37-4/h6,8,10-15,22,32H,7,9,16H2,1-5H3,(H,31,33)/b30-15+. The van der Waals surface area contributed by atoms with Crippen molar-refractivity contribution in [2.24, 2.45) is 5.10 Å². The van der Waals surface area contributed by atoms with E-state index in [9.17, 15) is 9.90 Å². The predicted molar refractivity (Wildman–Crippen MR) is 147 cm³/mol. The van der Waals surface area contributed by atoms with Crippen molar-refractivity contribution >= 4 is 12.1 Å². The molecule has 0 bridgehead atoms. The van der Waals surface area contributed by atoms with Gasteiger partial charge in [-0.2, -0.15) is 5.10 Å². The van der Waals surface area contributed by atoms with Crippen LogP contribution < -0.4 is 38.6 Å². The maximum absolute atomic E-state index is 12.3. The maximum atomic E-state index is 12.3. The third-order valence-electron chi connectivity index (χ3n) is 6.32. The van der Waals surface area contributed by atoms with E-state index in [1.807, 2.05) is 12.1 Å². The second-order valence-electron chi connectivity index (χ2n) is 8.72. The van der Waals surface area contributed by atoms with Crippen molar-refractivity contribution in [3.8, 4) is 46.0 Å². The quantitative estimate of drug-likeness (QED) is 0.268. The summed E-state index contributed by atoms with van der Waals surface area (Å²) in [6, 6.07) is 11.9. The Bertz CT molecular complexity index is 1370. The van der Waals surface area contributed by atoms with E-state index < -0.39 is 5.91 Å². The number of amides is 1. The number of nitrogens with zero attached hydrogens (tertiary/aromatic N) is 1. The number of hydrazone groups is 1. The van der Waals surface area contributed by atoms with Crippen LogP contribution >= 0.6 is 0 Å². The first-order valence-electron chi connectivity index (χ1n) is 12.4. The molecule has 3 aromatic carbocycles. The van der Waals surface area contributed by atoms with E-state index in [2.05, 4.69) is 10.5 Å². The van der Waals surface area contributed by atoms with Crippen LogP contribution in [0.5, 0.6) is 46.0 Å². The SMILES string of the molecule is COc1cc(/C=N/NC(=O)COc2cc(OC)c3c(c2)OC(c2cc(OC)c(OC)c(OC)c2)CC3)ccc1O. The molecule has 0 fully saturated rings. The van der Waals surface area contributed by atoms with E-state index in [1.165, 1.54) is 19.4 Å². The minimum Gasteiger partial charge on any atom is -0.504 e. The highest BCUT2D eigenvalue weighted by atomic mass is 16.5. The smallest absolute Gasteiger partial charge is 0.277 e. The summed E-state index contributed by atoms with van der Waals surface area (Å²) in [6.45, 7) is -0.283. The van der Waals surface area contributed by atoms with Gasteiger partial charge < -0.3 is 38.3 Å². The molecule has 2 N–H and O–H groups in total. The van der Waals surface area contributed by atoms with Crippen molar-refractivity contribution in [3.05, 3.63) is 59.2 Å². The van der Waals surface area contributed by atoms with Gasteiger partial charge in [0.25, 0.3) is 5.91 Å².